The minimum absolute atomic E-state index is 0.182. The Morgan fingerprint density at radius 3 is 2.37 bits per heavy atom. The molecule has 0 radical (unpaired) electrons. The monoisotopic (exact) mass is 388 g/mol. The fourth-order valence-corrected chi connectivity index (χ4v) is 4.85. The second-order valence-electron chi connectivity index (χ2n) is 6.55. The zero-order chi connectivity index (χ0) is 19.4. The maximum absolute atomic E-state index is 13.3. The van der Waals surface area contributed by atoms with Gasteiger partial charge in [0.1, 0.15) is 0 Å². The van der Waals surface area contributed by atoms with Crippen LogP contribution in [-0.4, -0.2) is 56.9 Å². The second-order valence-corrected chi connectivity index (χ2v) is 8.44. The summed E-state index contributed by atoms with van der Waals surface area (Å²) in [4.78, 5) is 14.1. The Kier molecular flexibility index (Phi) is 5.94. The number of esters is 1. The molecular formula is C20H24N2O4S. The van der Waals surface area contributed by atoms with E-state index in [4.69, 9.17) is 4.74 Å². The van der Waals surface area contributed by atoms with Crippen molar-refractivity contribution in [2.24, 2.45) is 0 Å². The molecule has 7 heteroatoms. The molecule has 0 N–H and O–H groups in total. The second kappa shape index (κ2) is 8.21. The van der Waals surface area contributed by atoms with Gasteiger partial charge >= 0.3 is 5.97 Å². The Bertz CT molecular complexity index is 882. The first-order valence-electron chi connectivity index (χ1n) is 8.96. The lowest BCUT2D eigenvalue weighted by Crippen LogP contribution is -2.49. The molecule has 3 rings (SSSR count). The van der Waals surface area contributed by atoms with E-state index < -0.39 is 16.0 Å². The quantitative estimate of drug-likeness (QED) is 0.737. The largest absolute Gasteiger partial charge is 0.462 e. The normalized spacial score (nSPS) is 19.0. The summed E-state index contributed by atoms with van der Waals surface area (Å²) in [6.07, 6.45) is 0. The van der Waals surface area contributed by atoms with Crippen LogP contribution in [0.1, 0.15) is 28.9 Å². The van der Waals surface area contributed by atoms with E-state index in [1.54, 1.807) is 11.2 Å². The molecule has 1 saturated heterocycles. The number of nitrogens with zero attached hydrogens (tertiary/aromatic N) is 2. The number of hydrogen-bond donors (Lipinski definition) is 0. The minimum Gasteiger partial charge on any atom is -0.462 e. The predicted molar refractivity (Wildman–Crippen MR) is 103 cm³/mol. The molecule has 6 nitrogen and oxygen atoms in total. The third-order valence-corrected chi connectivity index (χ3v) is 6.61. The average molecular weight is 388 g/mol. The van der Waals surface area contributed by atoms with Crippen molar-refractivity contribution in [2.45, 2.75) is 17.9 Å². The molecule has 0 spiro atoms. The highest BCUT2D eigenvalue weighted by Gasteiger charge is 2.36. The molecule has 2 aromatic rings. The number of sulfonamides is 1. The maximum atomic E-state index is 13.3. The molecule has 1 fully saturated rings. The Balaban J connectivity index is 1.91. The van der Waals surface area contributed by atoms with Gasteiger partial charge in [0.15, 0.2) is 0 Å². The lowest BCUT2D eigenvalue weighted by molar-refractivity contribution is 0.0526. The van der Waals surface area contributed by atoms with E-state index in [2.05, 4.69) is 4.90 Å². The van der Waals surface area contributed by atoms with E-state index in [1.807, 2.05) is 37.4 Å². The number of hydrogen-bond acceptors (Lipinski definition) is 5. The summed E-state index contributed by atoms with van der Waals surface area (Å²) in [7, 11) is -1.69. The van der Waals surface area contributed by atoms with Gasteiger partial charge in [0.05, 0.1) is 23.1 Å². The smallest absolute Gasteiger partial charge is 0.338 e. The van der Waals surface area contributed by atoms with Gasteiger partial charge in [-0.2, -0.15) is 4.31 Å². The van der Waals surface area contributed by atoms with Gasteiger partial charge in [0, 0.05) is 19.6 Å². The predicted octanol–water partition coefficient (Wildman–Crippen LogP) is 2.54. The SMILES string of the molecule is CCOC(=O)c1ccc(S(=O)(=O)N2CCN(C)C[C@@H]2c2ccccc2)cc1. The molecule has 144 valence electrons. The average Bonchev–Trinajstić information content (AvgIpc) is 2.68. The lowest BCUT2D eigenvalue weighted by Gasteiger charge is -2.39. The molecule has 0 saturated carbocycles. The number of carbonyl (C=O) groups is 1. The lowest BCUT2D eigenvalue weighted by atomic mass is 10.1. The van der Waals surface area contributed by atoms with E-state index in [0.717, 1.165) is 5.56 Å². The molecule has 1 heterocycles. The van der Waals surface area contributed by atoms with Gasteiger partial charge < -0.3 is 9.64 Å². The van der Waals surface area contributed by atoms with Crippen LogP contribution in [0.15, 0.2) is 59.5 Å². The summed E-state index contributed by atoms with van der Waals surface area (Å²) in [6, 6.07) is 15.4. The molecule has 2 aromatic carbocycles. The third-order valence-electron chi connectivity index (χ3n) is 4.69. The molecule has 0 bridgehead atoms. The molecule has 0 amide bonds. The highest BCUT2D eigenvalue weighted by molar-refractivity contribution is 7.89. The van der Waals surface area contributed by atoms with E-state index in [-0.39, 0.29) is 17.5 Å². The Morgan fingerprint density at radius 1 is 1.07 bits per heavy atom. The number of rotatable bonds is 5. The van der Waals surface area contributed by atoms with Crippen LogP contribution in [0.25, 0.3) is 0 Å². The third kappa shape index (κ3) is 4.21. The number of carbonyl (C=O) groups excluding carboxylic acids is 1. The van der Waals surface area contributed by atoms with Crippen molar-refractivity contribution in [3.63, 3.8) is 0 Å². The van der Waals surface area contributed by atoms with E-state index in [0.29, 0.717) is 25.2 Å². The van der Waals surface area contributed by atoms with Crippen molar-refractivity contribution in [2.75, 3.05) is 33.3 Å². The highest BCUT2D eigenvalue weighted by atomic mass is 32.2. The van der Waals surface area contributed by atoms with Gasteiger partial charge in [-0.25, -0.2) is 13.2 Å². The topological polar surface area (TPSA) is 66.9 Å². The number of piperazine rings is 1. The number of benzene rings is 2. The molecular weight excluding hydrogens is 364 g/mol. The first-order valence-corrected chi connectivity index (χ1v) is 10.4. The number of likely N-dealkylation sites (N-methyl/N-ethyl adjacent to an activating group) is 1. The van der Waals surface area contributed by atoms with Gasteiger partial charge in [0.25, 0.3) is 0 Å². The standard InChI is InChI=1S/C20H24N2O4S/c1-3-26-20(23)17-9-11-18(12-10-17)27(24,25)22-14-13-21(2)15-19(22)16-7-5-4-6-8-16/h4-12,19H,3,13-15H2,1-2H3/t19-/m1/s1. The van der Waals surface area contributed by atoms with Crippen LogP contribution in [-0.2, 0) is 14.8 Å². The Labute approximate surface area is 160 Å². The fraction of sp³-hybridized carbons (Fsp3) is 0.350. The molecule has 0 unspecified atom stereocenters. The van der Waals surface area contributed by atoms with Crippen LogP contribution < -0.4 is 0 Å². The molecule has 1 atom stereocenters. The first-order chi connectivity index (χ1) is 12.9. The van der Waals surface area contributed by atoms with Crippen LogP contribution in [0.2, 0.25) is 0 Å². The van der Waals surface area contributed by atoms with Gasteiger partial charge in [-0.15, -0.1) is 0 Å². The van der Waals surface area contributed by atoms with Crippen molar-refractivity contribution in [3.05, 3.63) is 65.7 Å². The number of ether oxygens (including phenoxy) is 1. The van der Waals surface area contributed by atoms with Crippen molar-refractivity contribution in [1.29, 1.82) is 0 Å². The molecule has 0 aliphatic carbocycles. The first kappa shape index (κ1) is 19.5. The zero-order valence-electron chi connectivity index (χ0n) is 15.5. The van der Waals surface area contributed by atoms with Crippen LogP contribution in [0, 0.1) is 0 Å². The highest BCUT2D eigenvalue weighted by Crippen LogP contribution is 2.30. The maximum Gasteiger partial charge on any atom is 0.338 e. The zero-order valence-corrected chi connectivity index (χ0v) is 16.4. The fourth-order valence-electron chi connectivity index (χ4n) is 3.25. The van der Waals surface area contributed by atoms with Crippen LogP contribution in [0.5, 0.6) is 0 Å². The summed E-state index contributed by atoms with van der Waals surface area (Å²) >= 11 is 0. The van der Waals surface area contributed by atoms with E-state index >= 15 is 0 Å². The summed E-state index contributed by atoms with van der Waals surface area (Å²) in [5, 5.41) is 0. The van der Waals surface area contributed by atoms with E-state index in [9.17, 15) is 13.2 Å². The van der Waals surface area contributed by atoms with Gasteiger partial charge in [-0.3, -0.25) is 0 Å². The van der Waals surface area contributed by atoms with Crippen molar-refractivity contribution in [1.82, 2.24) is 9.21 Å². The van der Waals surface area contributed by atoms with Crippen LogP contribution >= 0.6 is 0 Å². The molecule has 27 heavy (non-hydrogen) atoms. The Hall–Kier alpha value is -2.22. The summed E-state index contributed by atoms with van der Waals surface area (Å²) in [5.74, 6) is -0.455. The van der Waals surface area contributed by atoms with Gasteiger partial charge in [-0.1, -0.05) is 30.3 Å². The Morgan fingerprint density at radius 2 is 1.74 bits per heavy atom. The summed E-state index contributed by atoms with van der Waals surface area (Å²) in [6.45, 7) is 3.72. The van der Waals surface area contributed by atoms with E-state index in [1.165, 1.54) is 24.3 Å². The molecule has 1 aliphatic heterocycles. The van der Waals surface area contributed by atoms with Gasteiger partial charge in [-0.05, 0) is 43.8 Å². The molecule has 1 aliphatic rings. The summed E-state index contributed by atoms with van der Waals surface area (Å²) < 4.78 is 33.1. The van der Waals surface area contributed by atoms with Crippen LogP contribution in [0.3, 0.4) is 0 Å². The molecule has 0 aromatic heterocycles. The summed E-state index contributed by atoms with van der Waals surface area (Å²) in [5.41, 5.74) is 1.31. The van der Waals surface area contributed by atoms with Gasteiger partial charge in [0.2, 0.25) is 10.0 Å². The minimum atomic E-state index is -3.68. The van der Waals surface area contributed by atoms with Crippen molar-refractivity contribution >= 4 is 16.0 Å². The van der Waals surface area contributed by atoms with Crippen molar-refractivity contribution in [3.8, 4) is 0 Å². The van der Waals surface area contributed by atoms with Crippen molar-refractivity contribution < 1.29 is 17.9 Å². The van der Waals surface area contributed by atoms with Crippen LogP contribution in [0.4, 0.5) is 0 Å².